The smallest absolute Gasteiger partial charge is 0.0517 e. The summed E-state index contributed by atoms with van der Waals surface area (Å²) in [5.74, 6) is 0. The van der Waals surface area contributed by atoms with E-state index in [2.05, 4.69) is 75.4 Å². The van der Waals surface area contributed by atoms with Crippen LogP contribution in [0.2, 0.25) is 10.0 Å². The van der Waals surface area contributed by atoms with Crippen LogP contribution in [0, 0.1) is 27.7 Å². The summed E-state index contributed by atoms with van der Waals surface area (Å²) in [4.78, 5) is 0. The van der Waals surface area contributed by atoms with Gasteiger partial charge in [-0.05, 0) is 85.0 Å². The zero-order valence-corrected chi connectivity index (χ0v) is 20.6. The summed E-state index contributed by atoms with van der Waals surface area (Å²) in [7, 11) is 0. The average molecular weight is 459 g/mol. The maximum atomic E-state index is 6.88. The predicted molar refractivity (Wildman–Crippen MR) is 140 cm³/mol. The van der Waals surface area contributed by atoms with E-state index >= 15 is 0 Å². The normalized spacial score (nSPS) is 11.1. The summed E-state index contributed by atoms with van der Waals surface area (Å²) >= 11 is 13.5. The first-order valence-electron chi connectivity index (χ1n) is 11.1. The fraction of sp³-hybridized carbons (Fsp3) is 0.200. The topological polar surface area (TPSA) is 0 Å². The molecule has 0 radical (unpaired) electrons. The number of benzene rings is 4. The lowest BCUT2D eigenvalue weighted by molar-refractivity contribution is 0.950. The number of hydrogen-bond acceptors (Lipinski definition) is 0. The van der Waals surface area contributed by atoms with Gasteiger partial charge in [0, 0.05) is 11.1 Å². The Bertz CT molecular complexity index is 1180. The van der Waals surface area contributed by atoms with E-state index in [0.29, 0.717) is 0 Å². The molecule has 0 spiro atoms. The Hall–Kier alpha value is -2.54. The van der Waals surface area contributed by atoms with E-state index in [0.717, 1.165) is 45.1 Å². The molecule has 0 aliphatic rings. The standard InChI is InChI=1S/C30H28Cl2/c1-19-9-5-13-25(21(19)3)26-14-7-11-23(22(26)4)17-18-24-12-8-16-28(30(24)32)27-15-6-10-20(2)29(27)31/h5-16H,17-18H2,1-4H3. The number of halogens is 2. The fourth-order valence-electron chi connectivity index (χ4n) is 4.39. The van der Waals surface area contributed by atoms with Crippen molar-refractivity contribution >= 4 is 23.2 Å². The Kier molecular flexibility index (Phi) is 6.74. The molecule has 0 nitrogen and oxygen atoms in total. The third-order valence-electron chi connectivity index (χ3n) is 6.57. The van der Waals surface area contributed by atoms with E-state index in [9.17, 15) is 0 Å². The molecule has 32 heavy (non-hydrogen) atoms. The molecule has 0 amide bonds. The van der Waals surface area contributed by atoms with Crippen molar-refractivity contribution in [1.29, 1.82) is 0 Å². The highest BCUT2D eigenvalue weighted by Crippen LogP contribution is 2.37. The SMILES string of the molecule is Cc1cccc(-c2cccc(CCc3cccc(-c4cccc(C)c4Cl)c3Cl)c2C)c1C. The van der Waals surface area contributed by atoms with Gasteiger partial charge in [0.25, 0.3) is 0 Å². The molecule has 0 bridgehead atoms. The highest BCUT2D eigenvalue weighted by Gasteiger charge is 2.14. The van der Waals surface area contributed by atoms with Gasteiger partial charge in [0.2, 0.25) is 0 Å². The molecule has 2 heteroatoms. The van der Waals surface area contributed by atoms with Crippen molar-refractivity contribution in [2.45, 2.75) is 40.5 Å². The zero-order valence-electron chi connectivity index (χ0n) is 19.1. The second-order valence-electron chi connectivity index (χ2n) is 8.55. The monoisotopic (exact) mass is 458 g/mol. The molecule has 0 aromatic heterocycles. The lowest BCUT2D eigenvalue weighted by atomic mass is 9.90. The van der Waals surface area contributed by atoms with Gasteiger partial charge in [-0.25, -0.2) is 0 Å². The first-order valence-corrected chi connectivity index (χ1v) is 11.8. The molecule has 0 aliphatic heterocycles. The molecule has 0 atom stereocenters. The number of hydrogen-bond donors (Lipinski definition) is 0. The van der Waals surface area contributed by atoms with E-state index in [4.69, 9.17) is 23.2 Å². The van der Waals surface area contributed by atoms with Crippen molar-refractivity contribution in [3.05, 3.63) is 116 Å². The molecule has 0 heterocycles. The third kappa shape index (κ3) is 4.35. The zero-order chi connectivity index (χ0) is 22.8. The summed E-state index contributed by atoms with van der Waals surface area (Å²) < 4.78 is 0. The molecule has 4 aromatic rings. The van der Waals surface area contributed by atoms with Crippen molar-refractivity contribution < 1.29 is 0 Å². The van der Waals surface area contributed by atoms with Crippen LogP contribution in [0.1, 0.15) is 33.4 Å². The van der Waals surface area contributed by atoms with Gasteiger partial charge in [0.05, 0.1) is 10.0 Å². The summed E-state index contributed by atoms with van der Waals surface area (Å²) in [5.41, 5.74) is 12.2. The van der Waals surface area contributed by atoms with E-state index in [1.165, 1.54) is 33.4 Å². The minimum absolute atomic E-state index is 0.767. The Morgan fingerprint density at radius 2 is 0.938 bits per heavy atom. The van der Waals surface area contributed by atoms with Gasteiger partial charge in [-0.2, -0.15) is 0 Å². The summed E-state index contributed by atoms with van der Waals surface area (Å²) in [6.45, 7) is 8.64. The van der Waals surface area contributed by atoms with Crippen LogP contribution in [-0.2, 0) is 12.8 Å². The fourth-order valence-corrected chi connectivity index (χ4v) is 4.94. The van der Waals surface area contributed by atoms with Gasteiger partial charge >= 0.3 is 0 Å². The molecule has 0 unspecified atom stereocenters. The van der Waals surface area contributed by atoms with Crippen LogP contribution in [-0.4, -0.2) is 0 Å². The Morgan fingerprint density at radius 3 is 1.62 bits per heavy atom. The highest BCUT2D eigenvalue weighted by molar-refractivity contribution is 6.37. The van der Waals surface area contributed by atoms with E-state index in [1.807, 2.05) is 25.1 Å². The highest BCUT2D eigenvalue weighted by atomic mass is 35.5. The molecule has 162 valence electrons. The van der Waals surface area contributed by atoms with Gasteiger partial charge in [0.15, 0.2) is 0 Å². The van der Waals surface area contributed by atoms with Crippen LogP contribution in [0.5, 0.6) is 0 Å². The molecule has 0 saturated heterocycles. The number of rotatable bonds is 5. The summed E-state index contributed by atoms with van der Waals surface area (Å²) in [6.07, 6.45) is 1.82. The second kappa shape index (κ2) is 9.53. The molecular formula is C30H28Cl2. The third-order valence-corrected chi connectivity index (χ3v) is 7.51. The molecule has 0 saturated carbocycles. The lowest BCUT2D eigenvalue weighted by Gasteiger charge is -2.16. The number of aryl methyl sites for hydroxylation is 4. The Balaban J connectivity index is 1.64. The first-order chi connectivity index (χ1) is 15.4. The van der Waals surface area contributed by atoms with Crippen LogP contribution < -0.4 is 0 Å². The predicted octanol–water partition coefficient (Wildman–Crippen LogP) is 9.35. The van der Waals surface area contributed by atoms with Gasteiger partial charge in [0.1, 0.15) is 0 Å². The molecule has 4 rings (SSSR count). The molecule has 0 aliphatic carbocycles. The first kappa shape index (κ1) is 22.6. The van der Waals surface area contributed by atoms with Crippen LogP contribution in [0.15, 0.2) is 72.8 Å². The van der Waals surface area contributed by atoms with Crippen LogP contribution in [0.4, 0.5) is 0 Å². The van der Waals surface area contributed by atoms with Gasteiger partial charge < -0.3 is 0 Å². The quantitative estimate of drug-likeness (QED) is 0.279. The maximum absolute atomic E-state index is 6.88. The van der Waals surface area contributed by atoms with Crippen molar-refractivity contribution in [3.63, 3.8) is 0 Å². The van der Waals surface area contributed by atoms with E-state index in [-0.39, 0.29) is 0 Å². The lowest BCUT2D eigenvalue weighted by Crippen LogP contribution is -1.98. The minimum Gasteiger partial charge on any atom is -0.0834 e. The summed E-state index contributed by atoms with van der Waals surface area (Å²) in [6, 6.07) is 25.5. The van der Waals surface area contributed by atoms with Gasteiger partial charge in [-0.15, -0.1) is 0 Å². The van der Waals surface area contributed by atoms with Crippen molar-refractivity contribution in [3.8, 4) is 22.3 Å². The van der Waals surface area contributed by atoms with Gasteiger partial charge in [-0.1, -0.05) is 96.0 Å². The minimum atomic E-state index is 0.767. The van der Waals surface area contributed by atoms with E-state index < -0.39 is 0 Å². The van der Waals surface area contributed by atoms with Crippen LogP contribution >= 0.6 is 23.2 Å². The van der Waals surface area contributed by atoms with Gasteiger partial charge in [-0.3, -0.25) is 0 Å². The molecule has 4 aromatic carbocycles. The Morgan fingerprint density at radius 1 is 0.469 bits per heavy atom. The molecular weight excluding hydrogens is 431 g/mol. The second-order valence-corrected chi connectivity index (χ2v) is 9.31. The van der Waals surface area contributed by atoms with Crippen molar-refractivity contribution in [2.75, 3.05) is 0 Å². The van der Waals surface area contributed by atoms with E-state index in [1.54, 1.807) is 0 Å². The van der Waals surface area contributed by atoms with Crippen molar-refractivity contribution in [1.82, 2.24) is 0 Å². The maximum Gasteiger partial charge on any atom is 0.0517 e. The molecule has 0 fully saturated rings. The molecule has 0 N–H and O–H groups in total. The Labute approximate surface area is 201 Å². The summed E-state index contributed by atoms with van der Waals surface area (Å²) in [5, 5.41) is 1.56. The van der Waals surface area contributed by atoms with Crippen LogP contribution in [0.3, 0.4) is 0 Å². The van der Waals surface area contributed by atoms with Crippen LogP contribution in [0.25, 0.3) is 22.3 Å². The van der Waals surface area contributed by atoms with Crippen molar-refractivity contribution in [2.24, 2.45) is 0 Å². The largest absolute Gasteiger partial charge is 0.0834 e. The average Bonchev–Trinajstić information content (AvgIpc) is 2.78.